The molecule has 1 atom stereocenters. The van der Waals surface area contributed by atoms with Gasteiger partial charge in [0.15, 0.2) is 17.5 Å². The van der Waals surface area contributed by atoms with E-state index < -0.39 is 0 Å². The number of hydrogen-bond donors (Lipinski definition) is 2. The van der Waals surface area contributed by atoms with Crippen molar-refractivity contribution in [2.45, 2.75) is 57.3 Å². The molecule has 1 saturated carbocycles. The fourth-order valence-corrected chi connectivity index (χ4v) is 3.69. The van der Waals surface area contributed by atoms with E-state index in [9.17, 15) is 0 Å². The molecular weight excluding hydrogens is 370 g/mol. The molecule has 1 heterocycles. The zero-order valence-electron chi connectivity index (χ0n) is 17.7. The first-order chi connectivity index (χ1) is 14.3. The van der Waals surface area contributed by atoms with Crippen molar-refractivity contribution in [2.24, 2.45) is 4.99 Å². The van der Waals surface area contributed by atoms with Crippen molar-refractivity contribution in [2.75, 3.05) is 40.5 Å². The molecule has 2 fully saturated rings. The third kappa shape index (κ3) is 7.08. The van der Waals surface area contributed by atoms with Crippen LogP contribution in [0.15, 0.2) is 23.2 Å². The molecule has 1 aromatic rings. The summed E-state index contributed by atoms with van der Waals surface area (Å²) in [5.41, 5.74) is 1.13. The molecule has 7 nitrogen and oxygen atoms in total. The Morgan fingerprint density at radius 3 is 2.72 bits per heavy atom. The molecule has 3 rings (SSSR count). The number of hydrogen-bond acceptors (Lipinski definition) is 5. The van der Waals surface area contributed by atoms with E-state index in [1.807, 2.05) is 6.07 Å². The largest absolute Gasteiger partial charge is 0.493 e. The average Bonchev–Trinajstić information content (AvgIpc) is 3.44. The van der Waals surface area contributed by atoms with Crippen molar-refractivity contribution in [1.82, 2.24) is 10.6 Å². The average molecular weight is 406 g/mol. The Bertz CT molecular complexity index is 641. The van der Waals surface area contributed by atoms with Crippen molar-refractivity contribution < 1.29 is 18.9 Å². The summed E-state index contributed by atoms with van der Waals surface area (Å²) in [5, 5.41) is 6.69. The maximum absolute atomic E-state index is 6.18. The van der Waals surface area contributed by atoms with Crippen molar-refractivity contribution in [1.29, 1.82) is 0 Å². The molecule has 1 saturated heterocycles. The van der Waals surface area contributed by atoms with Gasteiger partial charge in [0, 0.05) is 33.4 Å². The van der Waals surface area contributed by atoms with Gasteiger partial charge in [-0.3, -0.25) is 4.99 Å². The van der Waals surface area contributed by atoms with Gasteiger partial charge in [0.25, 0.3) is 0 Å². The van der Waals surface area contributed by atoms with Gasteiger partial charge in [-0.15, -0.1) is 0 Å². The number of rotatable bonds is 10. The van der Waals surface area contributed by atoms with Crippen molar-refractivity contribution in [3.05, 3.63) is 23.8 Å². The number of nitrogens with zero attached hydrogens (tertiary/aromatic N) is 1. The zero-order valence-corrected chi connectivity index (χ0v) is 17.7. The van der Waals surface area contributed by atoms with E-state index in [-0.39, 0.29) is 6.10 Å². The number of guanidine groups is 1. The third-order valence-corrected chi connectivity index (χ3v) is 5.36. The Hall–Kier alpha value is -1.99. The highest BCUT2D eigenvalue weighted by Crippen LogP contribution is 2.32. The number of benzene rings is 1. The van der Waals surface area contributed by atoms with Gasteiger partial charge < -0.3 is 29.6 Å². The lowest BCUT2D eigenvalue weighted by molar-refractivity contribution is 0.0420. The second-order valence-corrected chi connectivity index (χ2v) is 7.57. The maximum atomic E-state index is 6.18. The topological polar surface area (TPSA) is 73.3 Å². The second kappa shape index (κ2) is 11.9. The monoisotopic (exact) mass is 405 g/mol. The summed E-state index contributed by atoms with van der Waals surface area (Å²) in [4.78, 5) is 4.30. The van der Waals surface area contributed by atoms with Gasteiger partial charge in [-0.2, -0.15) is 0 Å². The molecule has 162 valence electrons. The van der Waals surface area contributed by atoms with Crippen molar-refractivity contribution >= 4 is 5.96 Å². The fraction of sp³-hybridized carbons (Fsp3) is 0.682. The molecule has 1 aliphatic heterocycles. The Labute approximate surface area is 174 Å². The van der Waals surface area contributed by atoms with Crippen molar-refractivity contribution in [3.8, 4) is 11.5 Å². The summed E-state index contributed by atoms with van der Waals surface area (Å²) in [6.45, 7) is 3.76. The Morgan fingerprint density at radius 2 is 2.00 bits per heavy atom. The predicted octanol–water partition coefficient (Wildman–Crippen LogP) is 2.88. The molecule has 0 spiro atoms. The highest BCUT2D eigenvalue weighted by molar-refractivity contribution is 5.79. The fourth-order valence-electron chi connectivity index (χ4n) is 3.69. The smallest absolute Gasteiger partial charge is 0.191 e. The molecule has 29 heavy (non-hydrogen) atoms. The van der Waals surface area contributed by atoms with Crippen LogP contribution < -0.4 is 20.1 Å². The summed E-state index contributed by atoms with van der Waals surface area (Å²) < 4.78 is 22.8. The predicted molar refractivity (Wildman–Crippen MR) is 114 cm³/mol. The minimum Gasteiger partial charge on any atom is -0.493 e. The first-order valence-electron chi connectivity index (χ1n) is 10.8. The number of methoxy groups -OCH3 is 1. The summed E-state index contributed by atoms with van der Waals surface area (Å²) in [7, 11) is 3.47. The molecule has 7 heteroatoms. The standard InChI is InChI=1S/C22H35N3O4/c1-23-22(24-11-5-12-28-19-10-13-27-16-19)25-15-17-8-9-20(26-2)21(14-17)29-18-6-3-4-7-18/h8-9,14,18-19H,3-7,10-13,15-16H2,1-2H3,(H2,23,24,25). The van der Waals surface area contributed by atoms with Gasteiger partial charge >= 0.3 is 0 Å². The van der Waals surface area contributed by atoms with E-state index in [0.29, 0.717) is 12.6 Å². The molecule has 0 amide bonds. The quantitative estimate of drug-likeness (QED) is 0.354. The van der Waals surface area contributed by atoms with Crippen LogP contribution in [0.3, 0.4) is 0 Å². The Kier molecular flexibility index (Phi) is 8.89. The van der Waals surface area contributed by atoms with Gasteiger partial charge in [-0.05, 0) is 56.2 Å². The van der Waals surface area contributed by atoms with E-state index in [1.54, 1.807) is 14.2 Å². The minimum atomic E-state index is 0.267. The van der Waals surface area contributed by atoms with Crippen LogP contribution in [0.4, 0.5) is 0 Å². The number of aliphatic imine (C=N–C) groups is 1. The first kappa shape index (κ1) is 21.7. The third-order valence-electron chi connectivity index (χ3n) is 5.36. The van der Waals surface area contributed by atoms with Crippen LogP contribution >= 0.6 is 0 Å². The molecule has 2 aliphatic rings. The molecule has 1 aromatic carbocycles. The molecule has 0 aromatic heterocycles. The van der Waals surface area contributed by atoms with E-state index in [1.165, 1.54) is 12.8 Å². The van der Waals surface area contributed by atoms with E-state index in [0.717, 1.165) is 75.1 Å². The minimum absolute atomic E-state index is 0.267. The number of nitrogens with one attached hydrogen (secondary N) is 2. The molecule has 1 unspecified atom stereocenters. The van der Waals surface area contributed by atoms with Crippen LogP contribution in [0, 0.1) is 0 Å². The lowest BCUT2D eigenvalue weighted by Gasteiger charge is -2.17. The summed E-state index contributed by atoms with van der Waals surface area (Å²) in [6.07, 6.45) is 7.25. The van der Waals surface area contributed by atoms with Crippen LogP contribution in [0.2, 0.25) is 0 Å². The lowest BCUT2D eigenvalue weighted by Crippen LogP contribution is -2.37. The maximum Gasteiger partial charge on any atom is 0.191 e. The Morgan fingerprint density at radius 1 is 1.14 bits per heavy atom. The van der Waals surface area contributed by atoms with Crippen LogP contribution in [0.5, 0.6) is 11.5 Å². The van der Waals surface area contributed by atoms with Crippen molar-refractivity contribution in [3.63, 3.8) is 0 Å². The van der Waals surface area contributed by atoms with Crippen LogP contribution in [0.1, 0.15) is 44.1 Å². The van der Waals surface area contributed by atoms with Gasteiger partial charge in [-0.25, -0.2) is 0 Å². The molecule has 2 N–H and O–H groups in total. The van der Waals surface area contributed by atoms with Crippen LogP contribution in [-0.2, 0) is 16.0 Å². The van der Waals surface area contributed by atoms with Gasteiger partial charge in [0.05, 0.1) is 25.9 Å². The van der Waals surface area contributed by atoms with E-state index in [2.05, 4.69) is 27.8 Å². The Balaban J connectivity index is 1.41. The highest BCUT2D eigenvalue weighted by Gasteiger charge is 2.19. The van der Waals surface area contributed by atoms with E-state index >= 15 is 0 Å². The van der Waals surface area contributed by atoms with E-state index in [4.69, 9.17) is 18.9 Å². The second-order valence-electron chi connectivity index (χ2n) is 7.57. The normalized spacial score (nSPS) is 20.1. The molecule has 0 bridgehead atoms. The zero-order chi connectivity index (χ0) is 20.3. The molecule has 0 radical (unpaired) electrons. The van der Waals surface area contributed by atoms with Gasteiger partial charge in [-0.1, -0.05) is 6.07 Å². The summed E-state index contributed by atoms with van der Waals surface area (Å²) >= 11 is 0. The first-order valence-corrected chi connectivity index (χ1v) is 10.8. The van der Waals surface area contributed by atoms with Crippen LogP contribution in [0.25, 0.3) is 0 Å². The summed E-state index contributed by atoms with van der Waals surface area (Å²) in [5.74, 6) is 2.40. The lowest BCUT2D eigenvalue weighted by atomic mass is 10.2. The molecular formula is C22H35N3O4. The SMILES string of the molecule is CN=C(NCCCOC1CCOC1)NCc1ccc(OC)c(OC2CCCC2)c1. The number of ether oxygens (including phenoxy) is 4. The highest BCUT2D eigenvalue weighted by atomic mass is 16.5. The molecule has 1 aliphatic carbocycles. The summed E-state index contributed by atoms with van der Waals surface area (Å²) in [6, 6.07) is 6.09. The van der Waals surface area contributed by atoms with Gasteiger partial charge in [0.2, 0.25) is 0 Å². The van der Waals surface area contributed by atoms with Gasteiger partial charge in [0.1, 0.15) is 0 Å². The van der Waals surface area contributed by atoms with Crippen LogP contribution in [-0.4, -0.2) is 58.7 Å².